The SMILES string of the molecule is CC(C)C(NC(=O)Cn1ccc(-c2ccc(F)cc2)n1)c1ccc(F)cc1. The second-order valence-corrected chi connectivity index (χ2v) is 6.75. The van der Waals surface area contributed by atoms with E-state index in [2.05, 4.69) is 10.4 Å². The maximum Gasteiger partial charge on any atom is 0.242 e. The average Bonchev–Trinajstić information content (AvgIpc) is 3.09. The van der Waals surface area contributed by atoms with E-state index in [-0.39, 0.29) is 36.0 Å². The predicted octanol–water partition coefficient (Wildman–Crippen LogP) is 4.34. The molecule has 1 atom stereocenters. The molecule has 140 valence electrons. The first kappa shape index (κ1) is 18.8. The average molecular weight is 369 g/mol. The van der Waals surface area contributed by atoms with Gasteiger partial charge in [0.25, 0.3) is 0 Å². The van der Waals surface area contributed by atoms with Gasteiger partial charge in [0.05, 0.1) is 11.7 Å². The van der Waals surface area contributed by atoms with E-state index >= 15 is 0 Å². The molecule has 0 bridgehead atoms. The van der Waals surface area contributed by atoms with Gasteiger partial charge in [-0.25, -0.2) is 8.78 Å². The highest BCUT2D eigenvalue weighted by molar-refractivity contribution is 5.76. The maximum atomic E-state index is 13.1. The smallest absolute Gasteiger partial charge is 0.242 e. The highest BCUT2D eigenvalue weighted by atomic mass is 19.1. The standard InChI is InChI=1S/C21H21F2N3O/c1-14(2)21(16-5-9-18(23)10-6-16)24-20(27)13-26-12-11-19(25-26)15-3-7-17(22)8-4-15/h3-12,14,21H,13H2,1-2H3,(H,24,27). The minimum Gasteiger partial charge on any atom is -0.347 e. The number of halogens is 2. The summed E-state index contributed by atoms with van der Waals surface area (Å²) in [4.78, 5) is 12.5. The summed E-state index contributed by atoms with van der Waals surface area (Å²) in [6, 6.07) is 13.7. The molecule has 1 amide bonds. The number of benzene rings is 2. The summed E-state index contributed by atoms with van der Waals surface area (Å²) in [6.45, 7) is 4.05. The van der Waals surface area contributed by atoms with Crippen molar-refractivity contribution in [2.24, 2.45) is 5.92 Å². The lowest BCUT2D eigenvalue weighted by Crippen LogP contribution is -2.34. The molecule has 0 aliphatic carbocycles. The quantitative estimate of drug-likeness (QED) is 0.703. The third-order valence-electron chi connectivity index (χ3n) is 4.30. The van der Waals surface area contributed by atoms with E-state index in [9.17, 15) is 13.6 Å². The van der Waals surface area contributed by atoms with Crippen molar-refractivity contribution < 1.29 is 13.6 Å². The van der Waals surface area contributed by atoms with Crippen LogP contribution >= 0.6 is 0 Å². The third kappa shape index (κ3) is 4.78. The van der Waals surface area contributed by atoms with Crippen molar-refractivity contribution in [1.29, 1.82) is 0 Å². The zero-order chi connectivity index (χ0) is 19.4. The Hall–Kier alpha value is -3.02. The Morgan fingerprint density at radius 2 is 1.59 bits per heavy atom. The summed E-state index contributed by atoms with van der Waals surface area (Å²) in [5, 5.41) is 7.36. The number of hydrogen-bond acceptors (Lipinski definition) is 2. The van der Waals surface area contributed by atoms with Crippen molar-refractivity contribution in [2.75, 3.05) is 0 Å². The van der Waals surface area contributed by atoms with Crippen LogP contribution in [0.3, 0.4) is 0 Å². The summed E-state index contributed by atoms with van der Waals surface area (Å²) in [6.07, 6.45) is 1.71. The van der Waals surface area contributed by atoms with Crippen LogP contribution in [0.25, 0.3) is 11.3 Å². The molecule has 3 aromatic rings. The van der Waals surface area contributed by atoms with Crippen LogP contribution in [0.5, 0.6) is 0 Å². The number of aromatic nitrogens is 2. The van der Waals surface area contributed by atoms with Crippen molar-refractivity contribution >= 4 is 5.91 Å². The van der Waals surface area contributed by atoms with E-state index in [0.717, 1.165) is 11.1 Å². The van der Waals surface area contributed by atoms with E-state index in [0.29, 0.717) is 5.69 Å². The van der Waals surface area contributed by atoms with Crippen molar-refractivity contribution in [2.45, 2.75) is 26.4 Å². The number of nitrogens with one attached hydrogen (secondary N) is 1. The van der Waals surface area contributed by atoms with E-state index in [1.807, 2.05) is 13.8 Å². The van der Waals surface area contributed by atoms with Gasteiger partial charge in [0.1, 0.15) is 18.2 Å². The fourth-order valence-corrected chi connectivity index (χ4v) is 2.90. The Balaban J connectivity index is 1.67. The van der Waals surface area contributed by atoms with Gasteiger partial charge in [-0.05, 0) is 53.9 Å². The van der Waals surface area contributed by atoms with E-state index in [4.69, 9.17) is 0 Å². The lowest BCUT2D eigenvalue weighted by atomic mass is 9.96. The Morgan fingerprint density at radius 1 is 1.00 bits per heavy atom. The Kier molecular flexibility index (Phi) is 5.64. The van der Waals surface area contributed by atoms with Gasteiger partial charge in [0.15, 0.2) is 0 Å². The number of rotatable bonds is 6. The predicted molar refractivity (Wildman–Crippen MR) is 99.7 cm³/mol. The van der Waals surface area contributed by atoms with Gasteiger partial charge < -0.3 is 5.32 Å². The molecule has 6 heteroatoms. The third-order valence-corrected chi connectivity index (χ3v) is 4.30. The largest absolute Gasteiger partial charge is 0.347 e. The molecular formula is C21H21F2N3O. The fraction of sp³-hybridized carbons (Fsp3) is 0.238. The van der Waals surface area contributed by atoms with Crippen LogP contribution < -0.4 is 5.32 Å². The molecule has 1 heterocycles. The maximum absolute atomic E-state index is 13.1. The lowest BCUT2D eigenvalue weighted by molar-refractivity contribution is -0.122. The minimum absolute atomic E-state index is 0.0611. The molecule has 0 saturated heterocycles. The highest BCUT2D eigenvalue weighted by Gasteiger charge is 2.19. The van der Waals surface area contributed by atoms with Gasteiger partial charge in [-0.2, -0.15) is 5.10 Å². The second-order valence-electron chi connectivity index (χ2n) is 6.75. The van der Waals surface area contributed by atoms with Gasteiger partial charge in [0, 0.05) is 11.8 Å². The van der Waals surface area contributed by atoms with Crippen molar-refractivity contribution in [1.82, 2.24) is 15.1 Å². The summed E-state index contributed by atoms with van der Waals surface area (Å²) in [5.74, 6) is -0.658. The molecule has 2 aromatic carbocycles. The molecule has 0 spiro atoms. The molecule has 1 unspecified atom stereocenters. The van der Waals surface area contributed by atoms with Crippen LogP contribution in [0.2, 0.25) is 0 Å². The second kappa shape index (κ2) is 8.12. The summed E-state index contributed by atoms with van der Waals surface area (Å²) in [7, 11) is 0. The van der Waals surface area contributed by atoms with Gasteiger partial charge in [-0.15, -0.1) is 0 Å². The van der Waals surface area contributed by atoms with Crippen molar-refractivity contribution in [3.63, 3.8) is 0 Å². The number of carbonyl (C=O) groups excluding carboxylic acids is 1. The molecule has 0 aliphatic heterocycles. The minimum atomic E-state index is -0.308. The lowest BCUT2D eigenvalue weighted by Gasteiger charge is -2.23. The fourth-order valence-electron chi connectivity index (χ4n) is 2.90. The molecule has 1 N–H and O–H groups in total. The van der Waals surface area contributed by atoms with Crippen LogP contribution in [0.15, 0.2) is 60.8 Å². The first-order valence-corrected chi connectivity index (χ1v) is 8.76. The van der Waals surface area contributed by atoms with E-state index in [1.165, 1.54) is 28.9 Å². The first-order chi connectivity index (χ1) is 12.9. The van der Waals surface area contributed by atoms with Gasteiger partial charge in [-0.1, -0.05) is 26.0 Å². The van der Waals surface area contributed by atoms with Crippen LogP contribution in [0.4, 0.5) is 8.78 Å². The summed E-state index contributed by atoms with van der Waals surface area (Å²) in [5.41, 5.74) is 2.30. The zero-order valence-corrected chi connectivity index (χ0v) is 15.2. The van der Waals surface area contributed by atoms with Crippen molar-refractivity contribution in [3.05, 3.63) is 78.0 Å². The topological polar surface area (TPSA) is 46.9 Å². The van der Waals surface area contributed by atoms with Crippen LogP contribution in [-0.2, 0) is 11.3 Å². The molecule has 3 rings (SSSR count). The molecule has 0 radical (unpaired) electrons. The first-order valence-electron chi connectivity index (χ1n) is 8.76. The molecule has 0 saturated carbocycles. The Bertz CT molecular complexity index is 902. The molecule has 0 fully saturated rings. The normalized spacial score (nSPS) is 12.2. The molecular weight excluding hydrogens is 348 g/mol. The molecule has 1 aromatic heterocycles. The number of hydrogen-bond donors (Lipinski definition) is 1. The monoisotopic (exact) mass is 369 g/mol. The van der Waals surface area contributed by atoms with Gasteiger partial charge in [0.2, 0.25) is 5.91 Å². The number of amides is 1. The number of nitrogens with zero attached hydrogens (tertiary/aromatic N) is 2. The number of carbonyl (C=O) groups is 1. The van der Waals surface area contributed by atoms with Gasteiger partial charge >= 0.3 is 0 Å². The molecule has 27 heavy (non-hydrogen) atoms. The Morgan fingerprint density at radius 3 is 2.19 bits per heavy atom. The van der Waals surface area contributed by atoms with E-state index in [1.54, 1.807) is 36.5 Å². The van der Waals surface area contributed by atoms with Crippen LogP contribution in [0.1, 0.15) is 25.5 Å². The van der Waals surface area contributed by atoms with Gasteiger partial charge in [-0.3, -0.25) is 9.48 Å². The zero-order valence-electron chi connectivity index (χ0n) is 15.2. The summed E-state index contributed by atoms with van der Waals surface area (Å²) < 4.78 is 27.7. The van der Waals surface area contributed by atoms with Crippen LogP contribution in [-0.4, -0.2) is 15.7 Å². The summed E-state index contributed by atoms with van der Waals surface area (Å²) >= 11 is 0. The van der Waals surface area contributed by atoms with E-state index < -0.39 is 0 Å². The molecule has 4 nitrogen and oxygen atoms in total. The molecule has 0 aliphatic rings. The highest BCUT2D eigenvalue weighted by Crippen LogP contribution is 2.22. The van der Waals surface area contributed by atoms with Crippen molar-refractivity contribution in [3.8, 4) is 11.3 Å². The van der Waals surface area contributed by atoms with Crippen LogP contribution in [0, 0.1) is 17.6 Å². The Labute approximate surface area is 156 Å².